The maximum atomic E-state index is 5.68. The van der Waals surface area contributed by atoms with Gasteiger partial charge < -0.3 is 0 Å². The number of halogens is 2. The van der Waals surface area contributed by atoms with Crippen LogP contribution in [0.3, 0.4) is 0 Å². The lowest BCUT2D eigenvalue weighted by Gasteiger charge is -2.03. The molecule has 0 atom stereocenters. The smallest absolute Gasteiger partial charge is 0.169 e. The highest BCUT2D eigenvalue weighted by Crippen LogP contribution is 2.19. The molecule has 2 heterocycles. The van der Waals surface area contributed by atoms with Crippen LogP contribution in [-0.4, -0.2) is 19.7 Å². The van der Waals surface area contributed by atoms with Crippen LogP contribution in [0.4, 0.5) is 0 Å². The van der Waals surface area contributed by atoms with Crippen molar-refractivity contribution < 1.29 is 0 Å². The minimum absolute atomic E-state index is 0.448. The van der Waals surface area contributed by atoms with Crippen LogP contribution in [0, 0.1) is 0 Å². The Bertz CT molecular complexity index is 429. The predicted octanol–water partition coefficient (Wildman–Crippen LogP) is 2.16. The number of hydrogen-bond donors (Lipinski definition) is 0. The summed E-state index contributed by atoms with van der Waals surface area (Å²) >= 11 is 9.08. The Morgan fingerprint density at radius 3 is 2.93 bits per heavy atom. The van der Waals surface area contributed by atoms with Crippen molar-refractivity contribution in [1.82, 2.24) is 19.7 Å². The van der Waals surface area contributed by atoms with Crippen molar-refractivity contribution in [2.45, 2.75) is 5.88 Å². The van der Waals surface area contributed by atoms with Gasteiger partial charge in [0.25, 0.3) is 0 Å². The van der Waals surface area contributed by atoms with Gasteiger partial charge >= 0.3 is 0 Å². The van der Waals surface area contributed by atoms with Crippen molar-refractivity contribution in [2.75, 3.05) is 0 Å². The van der Waals surface area contributed by atoms with Crippen molar-refractivity contribution in [3.8, 4) is 5.82 Å². The van der Waals surface area contributed by atoms with E-state index >= 15 is 0 Å². The van der Waals surface area contributed by atoms with Crippen molar-refractivity contribution in [3.05, 3.63) is 35.0 Å². The molecule has 0 bridgehead atoms. The van der Waals surface area contributed by atoms with Gasteiger partial charge in [-0.25, -0.2) is 14.6 Å². The number of alkyl halides is 1. The molecule has 0 aliphatic heterocycles. The summed E-state index contributed by atoms with van der Waals surface area (Å²) in [6.45, 7) is 0. The van der Waals surface area contributed by atoms with Gasteiger partial charge in [0, 0.05) is 12.1 Å². The first-order valence-electron chi connectivity index (χ1n) is 3.86. The zero-order valence-corrected chi connectivity index (χ0v) is 9.40. The quantitative estimate of drug-likeness (QED) is 0.788. The Labute approximate surface area is 94.1 Å². The van der Waals surface area contributed by atoms with Crippen LogP contribution in [0.25, 0.3) is 5.82 Å². The zero-order chi connectivity index (χ0) is 9.97. The molecule has 0 radical (unpaired) electrons. The van der Waals surface area contributed by atoms with Gasteiger partial charge in [-0.3, -0.25) is 0 Å². The minimum atomic E-state index is 0.448. The second-order valence-electron chi connectivity index (χ2n) is 2.62. The molecule has 0 unspecified atom stereocenters. The first-order chi connectivity index (χ1) is 6.81. The fourth-order valence-electron chi connectivity index (χ4n) is 1.03. The fourth-order valence-corrected chi connectivity index (χ4v) is 1.75. The minimum Gasteiger partial charge on any atom is -0.236 e. The summed E-state index contributed by atoms with van der Waals surface area (Å²) in [4.78, 5) is 8.07. The van der Waals surface area contributed by atoms with E-state index in [1.807, 2.05) is 6.07 Å². The van der Waals surface area contributed by atoms with Crippen molar-refractivity contribution >= 4 is 27.5 Å². The van der Waals surface area contributed by atoms with E-state index in [-0.39, 0.29) is 0 Å². The van der Waals surface area contributed by atoms with Gasteiger partial charge in [-0.1, -0.05) is 0 Å². The van der Waals surface area contributed by atoms with Crippen LogP contribution in [-0.2, 0) is 5.88 Å². The van der Waals surface area contributed by atoms with E-state index in [2.05, 4.69) is 31.0 Å². The van der Waals surface area contributed by atoms with E-state index in [1.165, 1.54) is 6.33 Å². The summed E-state index contributed by atoms with van der Waals surface area (Å²) in [5.41, 5.74) is 0.961. The summed E-state index contributed by atoms with van der Waals surface area (Å²) in [5, 5.41) is 3.98. The summed E-state index contributed by atoms with van der Waals surface area (Å²) in [7, 11) is 0. The van der Waals surface area contributed by atoms with E-state index in [4.69, 9.17) is 11.6 Å². The highest BCUT2D eigenvalue weighted by Gasteiger charge is 2.05. The molecule has 0 aliphatic carbocycles. The number of rotatable bonds is 2. The Balaban J connectivity index is 2.46. The van der Waals surface area contributed by atoms with Gasteiger partial charge in [0.15, 0.2) is 5.82 Å². The molecule has 2 rings (SSSR count). The van der Waals surface area contributed by atoms with Gasteiger partial charge in [-0.2, -0.15) is 5.10 Å². The van der Waals surface area contributed by atoms with E-state index < -0.39 is 0 Å². The van der Waals surface area contributed by atoms with Crippen LogP contribution < -0.4 is 0 Å². The molecule has 0 amide bonds. The van der Waals surface area contributed by atoms with Gasteiger partial charge in [0.05, 0.1) is 4.47 Å². The van der Waals surface area contributed by atoms with Crippen LogP contribution in [0.15, 0.2) is 29.4 Å². The van der Waals surface area contributed by atoms with Crippen LogP contribution in [0.5, 0.6) is 0 Å². The van der Waals surface area contributed by atoms with E-state index in [0.29, 0.717) is 11.7 Å². The highest BCUT2D eigenvalue weighted by molar-refractivity contribution is 9.10. The molecule has 0 N–H and O–H groups in total. The molecule has 0 aromatic carbocycles. The van der Waals surface area contributed by atoms with Gasteiger partial charge in [0.2, 0.25) is 0 Å². The molecule has 2 aromatic rings. The fraction of sp³-hybridized carbons (Fsp3) is 0.125. The van der Waals surface area contributed by atoms with Crippen LogP contribution in [0.2, 0.25) is 0 Å². The number of aromatic nitrogens is 4. The highest BCUT2D eigenvalue weighted by atomic mass is 79.9. The van der Waals surface area contributed by atoms with E-state index in [0.717, 1.165) is 10.0 Å². The average molecular weight is 274 g/mol. The average Bonchev–Trinajstić information content (AvgIpc) is 2.70. The number of nitrogens with zero attached hydrogens (tertiary/aromatic N) is 4. The Kier molecular flexibility index (Phi) is 2.79. The Morgan fingerprint density at radius 1 is 1.50 bits per heavy atom. The lowest BCUT2D eigenvalue weighted by molar-refractivity contribution is 0.838. The molecule has 14 heavy (non-hydrogen) atoms. The molecule has 72 valence electrons. The summed E-state index contributed by atoms with van der Waals surface area (Å²) in [5.74, 6) is 1.15. The Hall–Kier alpha value is -0.940. The largest absolute Gasteiger partial charge is 0.236 e. The van der Waals surface area contributed by atoms with Crippen molar-refractivity contribution in [3.63, 3.8) is 0 Å². The standard InChI is InChI=1S/C8H6BrClN4/c9-7-1-6(2-10)3-12-8(7)14-5-11-4-13-14/h1,3-5H,2H2. The molecule has 4 nitrogen and oxygen atoms in total. The molecule has 0 fully saturated rings. The summed E-state index contributed by atoms with van der Waals surface area (Å²) < 4.78 is 2.43. The normalized spacial score (nSPS) is 10.4. The first-order valence-corrected chi connectivity index (χ1v) is 5.19. The van der Waals surface area contributed by atoms with Gasteiger partial charge in [0.1, 0.15) is 12.7 Å². The summed E-state index contributed by atoms with van der Waals surface area (Å²) in [6, 6.07) is 1.91. The molecule has 2 aromatic heterocycles. The monoisotopic (exact) mass is 272 g/mol. The number of hydrogen-bond acceptors (Lipinski definition) is 3. The Morgan fingerprint density at radius 2 is 2.36 bits per heavy atom. The maximum Gasteiger partial charge on any atom is 0.169 e. The van der Waals surface area contributed by atoms with Crippen LogP contribution >= 0.6 is 27.5 Å². The van der Waals surface area contributed by atoms with Gasteiger partial charge in [-0.05, 0) is 27.6 Å². The lowest BCUT2D eigenvalue weighted by Crippen LogP contribution is -1.99. The number of pyridine rings is 1. The maximum absolute atomic E-state index is 5.68. The third-order valence-electron chi connectivity index (χ3n) is 1.67. The molecule has 0 saturated carbocycles. The molecular formula is C8H6BrClN4. The molecule has 0 spiro atoms. The topological polar surface area (TPSA) is 43.6 Å². The molecular weight excluding hydrogens is 267 g/mol. The van der Waals surface area contributed by atoms with E-state index in [1.54, 1.807) is 17.2 Å². The first kappa shape index (κ1) is 9.61. The van der Waals surface area contributed by atoms with Gasteiger partial charge in [-0.15, -0.1) is 11.6 Å². The second kappa shape index (κ2) is 4.06. The van der Waals surface area contributed by atoms with Crippen molar-refractivity contribution in [2.24, 2.45) is 0 Å². The molecule has 0 aliphatic rings. The third kappa shape index (κ3) is 1.78. The molecule has 0 saturated heterocycles. The molecule has 6 heteroatoms. The second-order valence-corrected chi connectivity index (χ2v) is 3.74. The SMILES string of the molecule is ClCc1cnc(-n2cncn2)c(Br)c1. The van der Waals surface area contributed by atoms with Crippen LogP contribution in [0.1, 0.15) is 5.56 Å². The van der Waals surface area contributed by atoms with E-state index in [9.17, 15) is 0 Å². The third-order valence-corrected chi connectivity index (χ3v) is 2.56. The summed E-state index contributed by atoms with van der Waals surface area (Å²) in [6.07, 6.45) is 4.77. The predicted molar refractivity (Wildman–Crippen MR) is 56.4 cm³/mol. The zero-order valence-electron chi connectivity index (χ0n) is 7.06. The van der Waals surface area contributed by atoms with Crippen molar-refractivity contribution in [1.29, 1.82) is 0 Å². The lowest BCUT2D eigenvalue weighted by atomic mass is 10.3.